The van der Waals surface area contributed by atoms with E-state index in [1.807, 2.05) is 11.8 Å². The van der Waals surface area contributed by atoms with Gasteiger partial charge in [0.2, 0.25) is 5.91 Å². The number of nitrogens with one attached hydrogen (secondary N) is 1. The molecular formula is C18H23N3O3S. The fourth-order valence-corrected chi connectivity index (χ4v) is 5.36. The second-order valence-corrected chi connectivity index (χ2v) is 8.24. The Morgan fingerprint density at radius 3 is 2.88 bits per heavy atom. The lowest BCUT2D eigenvalue weighted by Crippen LogP contribution is -2.44. The van der Waals surface area contributed by atoms with Gasteiger partial charge in [0.15, 0.2) is 0 Å². The first-order valence-electron chi connectivity index (χ1n) is 9.02. The summed E-state index contributed by atoms with van der Waals surface area (Å²) < 4.78 is 0. The Kier molecular flexibility index (Phi) is 4.06. The molecular weight excluding hydrogens is 338 g/mol. The Hall–Kier alpha value is -1.89. The summed E-state index contributed by atoms with van der Waals surface area (Å²) in [6.07, 6.45) is 4.44. The maximum atomic E-state index is 12.7. The van der Waals surface area contributed by atoms with Crippen LogP contribution in [0.2, 0.25) is 0 Å². The summed E-state index contributed by atoms with van der Waals surface area (Å²) in [5, 5.41) is 4.94. The van der Waals surface area contributed by atoms with E-state index in [1.165, 1.54) is 15.3 Å². The molecule has 2 fully saturated rings. The van der Waals surface area contributed by atoms with Gasteiger partial charge in [0.25, 0.3) is 5.91 Å². The van der Waals surface area contributed by atoms with E-state index in [0.717, 1.165) is 19.3 Å². The maximum absolute atomic E-state index is 12.7. The zero-order valence-corrected chi connectivity index (χ0v) is 15.2. The molecule has 0 unspecified atom stereocenters. The summed E-state index contributed by atoms with van der Waals surface area (Å²) in [7, 11) is 0. The van der Waals surface area contributed by atoms with E-state index in [4.69, 9.17) is 0 Å². The summed E-state index contributed by atoms with van der Waals surface area (Å²) in [5.74, 6) is -0.132. The average Bonchev–Trinajstić information content (AvgIpc) is 3.29. The van der Waals surface area contributed by atoms with E-state index in [-0.39, 0.29) is 36.9 Å². The summed E-state index contributed by atoms with van der Waals surface area (Å²) >= 11 is 1.74. The highest BCUT2D eigenvalue weighted by Gasteiger charge is 2.52. The first-order chi connectivity index (χ1) is 12.0. The number of thiophene rings is 1. The third-order valence-electron chi connectivity index (χ3n) is 5.85. The Balaban J connectivity index is 1.39. The van der Waals surface area contributed by atoms with Gasteiger partial charge in [-0.3, -0.25) is 14.5 Å². The molecule has 1 aromatic rings. The number of imide groups is 1. The van der Waals surface area contributed by atoms with E-state index < -0.39 is 5.54 Å². The van der Waals surface area contributed by atoms with Crippen LogP contribution in [-0.2, 0) is 16.0 Å². The molecule has 0 radical (unpaired) electrons. The lowest BCUT2D eigenvalue weighted by Gasteiger charge is -2.34. The molecule has 3 aliphatic rings. The zero-order valence-electron chi connectivity index (χ0n) is 14.4. The van der Waals surface area contributed by atoms with Crippen LogP contribution in [0.25, 0.3) is 0 Å². The van der Waals surface area contributed by atoms with Crippen molar-refractivity contribution < 1.29 is 14.4 Å². The van der Waals surface area contributed by atoms with Crippen molar-refractivity contribution in [2.24, 2.45) is 0 Å². The van der Waals surface area contributed by atoms with Crippen molar-refractivity contribution >= 4 is 29.2 Å². The van der Waals surface area contributed by atoms with Gasteiger partial charge >= 0.3 is 6.03 Å². The molecule has 134 valence electrons. The van der Waals surface area contributed by atoms with Crippen LogP contribution in [0.1, 0.15) is 55.5 Å². The normalized spacial score (nSPS) is 24.8. The number of amides is 4. The molecule has 1 atom stereocenters. The molecule has 25 heavy (non-hydrogen) atoms. The van der Waals surface area contributed by atoms with Crippen LogP contribution in [0, 0.1) is 0 Å². The number of carbonyl (C=O) groups is 3. The van der Waals surface area contributed by atoms with Gasteiger partial charge in [-0.1, -0.05) is 12.8 Å². The monoisotopic (exact) mass is 361 g/mol. The molecule has 4 rings (SSSR count). The summed E-state index contributed by atoms with van der Waals surface area (Å²) in [6, 6.07) is 1.81. The lowest BCUT2D eigenvalue weighted by molar-refractivity contribution is -0.135. The van der Waals surface area contributed by atoms with E-state index in [9.17, 15) is 14.4 Å². The lowest BCUT2D eigenvalue weighted by atomic mass is 9.98. The van der Waals surface area contributed by atoms with Crippen LogP contribution in [-0.4, -0.2) is 46.3 Å². The number of rotatable bonds is 3. The molecule has 4 amide bonds. The first-order valence-corrected chi connectivity index (χ1v) is 9.90. The molecule has 1 saturated carbocycles. The third-order valence-corrected chi connectivity index (χ3v) is 6.85. The van der Waals surface area contributed by atoms with Crippen LogP contribution >= 0.6 is 11.3 Å². The number of urea groups is 1. The van der Waals surface area contributed by atoms with Crippen molar-refractivity contribution in [3.8, 4) is 0 Å². The quantitative estimate of drug-likeness (QED) is 0.841. The predicted molar refractivity (Wildman–Crippen MR) is 94.2 cm³/mol. The van der Waals surface area contributed by atoms with Gasteiger partial charge in [-0.15, -0.1) is 11.3 Å². The largest absolute Gasteiger partial charge is 0.335 e. The van der Waals surface area contributed by atoms with Gasteiger partial charge < -0.3 is 10.2 Å². The van der Waals surface area contributed by atoms with Crippen molar-refractivity contribution in [1.29, 1.82) is 0 Å². The molecule has 6 nitrogen and oxygen atoms in total. The van der Waals surface area contributed by atoms with Crippen molar-refractivity contribution in [2.45, 2.75) is 57.0 Å². The summed E-state index contributed by atoms with van der Waals surface area (Å²) in [6.45, 7) is 2.92. The molecule has 1 spiro atoms. The number of carbonyl (C=O) groups excluding carboxylic acids is 3. The Labute approximate surface area is 151 Å². The molecule has 0 bridgehead atoms. The van der Waals surface area contributed by atoms with Crippen molar-refractivity contribution in [3.05, 3.63) is 21.9 Å². The molecule has 3 heterocycles. The number of hydrogen-bond donors (Lipinski definition) is 1. The minimum atomic E-state index is -0.690. The van der Waals surface area contributed by atoms with Crippen LogP contribution < -0.4 is 5.32 Å². The van der Waals surface area contributed by atoms with Crippen molar-refractivity contribution in [2.75, 3.05) is 13.1 Å². The Morgan fingerprint density at radius 2 is 2.12 bits per heavy atom. The van der Waals surface area contributed by atoms with Crippen LogP contribution in [0.3, 0.4) is 0 Å². The minimum Gasteiger partial charge on any atom is -0.335 e. The topological polar surface area (TPSA) is 69.7 Å². The zero-order chi connectivity index (χ0) is 17.6. The highest BCUT2D eigenvalue weighted by atomic mass is 32.1. The molecule has 0 aromatic carbocycles. The minimum absolute atomic E-state index is 0.0114. The number of hydrogen-bond acceptors (Lipinski definition) is 4. The molecule has 1 saturated heterocycles. The second-order valence-electron chi connectivity index (χ2n) is 7.24. The van der Waals surface area contributed by atoms with Crippen LogP contribution in [0.15, 0.2) is 11.4 Å². The van der Waals surface area contributed by atoms with E-state index >= 15 is 0 Å². The van der Waals surface area contributed by atoms with E-state index in [1.54, 1.807) is 11.3 Å². The fraction of sp³-hybridized carbons (Fsp3) is 0.611. The van der Waals surface area contributed by atoms with E-state index in [0.29, 0.717) is 19.4 Å². The summed E-state index contributed by atoms with van der Waals surface area (Å²) in [4.78, 5) is 42.0. The Bertz CT molecular complexity index is 723. The highest BCUT2D eigenvalue weighted by molar-refractivity contribution is 7.10. The van der Waals surface area contributed by atoms with Crippen molar-refractivity contribution in [1.82, 2.24) is 15.1 Å². The van der Waals surface area contributed by atoms with Gasteiger partial charge in [-0.25, -0.2) is 4.79 Å². The molecule has 1 aliphatic carbocycles. The van der Waals surface area contributed by atoms with Gasteiger partial charge in [0.1, 0.15) is 5.54 Å². The maximum Gasteiger partial charge on any atom is 0.325 e. The van der Waals surface area contributed by atoms with Gasteiger partial charge in [0, 0.05) is 24.4 Å². The van der Waals surface area contributed by atoms with Crippen molar-refractivity contribution in [3.63, 3.8) is 0 Å². The molecule has 7 heteroatoms. The smallest absolute Gasteiger partial charge is 0.325 e. The molecule has 1 N–H and O–H groups in total. The fourth-order valence-electron chi connectivity index (χ4n) is 4.40. The van der Waals surface area contributed by atoms with Crippen LogP contribution in [0.4, 0.5) is 4.79 Å². The third kappa shape index (κ3) is 2.65. The summed E-state index contributed by atoms with van der Waals surface area (Å²) in [5.41, 5.74) is 0.536. The molecule has 1 aromatic heterocycles. The number of nitrogens with zero attached hydrogens (tertiary/aromatic N) is 2. The number of fused-ring (bicyclic) bond motifs is 1. The SMILES string of the molecule is C[C@@H]1c2ccsc2CCN1C(=O)CCN1C(=O)NC2(CCCC2)C1=O. The van der Waals surface area contributed by atoms with Gasteiger partial charge in [0.05, 0.1) is 6.04 Å². The first kappa shape index (κ1) is 16.6. The average molecular weight is 361 g/mol. The van der Waals surface area contributed by atoms with Gasteiger partial charge in [-0.2, -0.15) is 0 Å². The van der Waals surface area contributed by atoms with Gasteiger partial charge in [-0.05, 0) is 43.2 Å². The highest BCUT2D eigenvalue weighted by Crippen LogP contribution is 2.36. The standard InChI is InChI=1S/C18H23N3O3S/c1-12-13-6-11-25-14(13)4-9-20(12)15(22)5-10-21-16(23)18(19-17(21)24)7-2-3-8-18/h6,11-12H,2-5,7-10H2,1H3,(H,19,24)/t12-/m1/s1. The predicted octanol–water partition coefficient (Wildman–Crippen LogP) is 2.45. The second kappa shape index (κ2) is 6.12. The Morgan fingerprint density at radius 1 is 1.36 bits per heavy atom. The van der Waals surface area contributed by atoms with E-state index in [2.05, 4.69) is 16.8 Å². The molecule has 2 aliphatic heterocycles. The van der Waals surface area contributed by atoms with Crippen LogP contribution in [0.5, 0.6) is 0 Å².